The molecular formula is C15H17ClFN3O4. The number of ether oxygens (including phenoxy) is 2. The van der Waals surface area contributed by atoms with Crippen molar-refractivity contribution in [2.45, 2.75) is 38.7 Å². The summed E-state index contributed by atoms with van der Waals surface area (Å²) < 4.78 is 26.5. The van der Waals surface area contributed by atoms with Gasteiger partial charge in [-0.15, -0.1) is 0 Å². The zero-order valence-electron chi connectivity index (χ0n) is 13.4. The van der Waals surface area contributed by atoms with Gasteiger partial charge in [0.1, 0.15) is 29.3 Å². The van der Waals surface area contributed by atoms with Crippen molar-refractivity contribution < 1.29 is 23.8 Å². The lowest BCUT2D eigenvalue weighted by atomic mass is 9.88. The van der Waals surface area contributed by atoms with Crippen LogP contribution in [-0.2, 0) is 14.3 Å². The number of rotatable bonds is 3. The highest BCUT2D eigenvalue weighted by Gasteiger charge is 2.52. The number of nitrogens with zero attached hydrogens (tertiary/aromatic N) is 3. The highest BCUT2D eigenvalue weighted by Crippen LogP contribution is 2.44. The molecule has 3 heterocycles. The summed E-state index contributed by atoms with van der Waals surface area (Å²) in [5.74, 6) is -1.41. The highest BCUT2D eigenvalue weighted by atomic mass is 35.5. The Labute approximate surface area is 142 Å². The van der Waals surface area contributed by atoms with E-state index in [-0.39, 0.29) is 28.7 Å². The van der Waals surface area contributed by atoms with Gasteiger partial charge < -0.3 is 19.1 Å². The van der Waals surface area contributed by atoms with Gasteiger partial charge in [0, 0.05) is 19.0 Å². The molecule has 24 heavy (non-hydrogen) atoms. The fourth-order valence-corrected chi connectivity index (χ4v) is 3.15. The molecule has 0 aromatic carbocycles. The molecule has 3 rings (SSSR count). The van der Waals surface area contributed by atoms with Crippen LogP contribution in [0.1, 0.15) is 27.0 Å². The maximum Gasteiger partial charge on any atom is 0.302 e. The molecule has 0 radical (unpaired) electrons. The summed E-state index contributed by atoms with van der Waals surface area (Å²) >= 11 is 5.93. The third-order valence-corrected chi connectivity index (χ3v) is 4.79. The normalized spacial score (nSPS) is 30.0. The lowest BCUT2D eigenvalue weighted by Crippen LogP contribution is -2.38. The van der Waals surface area contributed by atoms with Gasteiger partial charge in [0.2, 0.25) is 0 Å². The maximum absolute atomic E-state index is 14.2. The molecule has 130 valence electrons. The standard InChI is InChI=1S/C15H17ClFN3O4/c1-7-10(5-23-8(2)21)24-14(15(7,3)22)20-4-9(17)11-12(16)18-6-19-13(11)20/h4,6-7,10,14,22H,5H2,1-3H3/t7-,10-,14-,15+/m1/s1. The van der Waals surface area contributed by atoms with Gasteiger partial charge in [0.25, 0.3) is 0 Å². The Hall–Kier alpha value is -1.77. The number of hydrogen-bond donors (Lipinski definition) is 1. The van der Waals surface area contributed by atoms with Crippen LogP contribution in [0, 0.1) is 11.7 Å². The Morgan fingerprint density at radius 2 is 2.29 bits per heavy atom. The molecule has 0 unspecified atom stereocenters. The molecule has 2 aromatic rings. The number of fused-ring (bicyclic) bond motifs is 1. The summed E-state index contributed by atoms with van der Waals surface area (Å²) in [7, 11) is 0. The molecule has 2 aromatic heterocycles. The number of hydrogen-bond acceptors (Lipinski definition) is 6. The van der Waals surface area contributed by atoms with Crippen LogP contribution in [0.4, 0.5) is 4.39 Å². The zero-order chi connectivity index (χ0) is 17.6. The first-order valence-corrected chi connectivity index (χ1v) is 7.79. The Balaban J connectivity index is 2.00. The molecule has 0 amide bonds. The molecule has 1 aliphatic rings. The van der Waals surface area contributed by atoms with Crippen LogP contribution in [0.2, 0.25) is 5.15 Å². The third kappa shape index (κ3) is 2.64. The van der Waals surface area contributed by atoms with Crippen molar-refractivity contribution in [3.05, 3.63) is 23.5 Å². The van der Waals surface area contributed by atoms with E-state index in [0.29, 0.717) is 0 Å². The summed E-state index contributed by atoms with van der Waals surface area (Å²) in [6.07, 6.45) is 0.938. The average molecular weight is 358 g/mol. The summed E-state index contributed by atoms with van der Waals surface area (Å²) in [6, 6.07) is 0. The predicted octanol–water partition coefficient (Wildman–Crippen LogP) is 2.07. The minimum Gasteiger partial charge on any atom is -0.463 e. The molecule has 1 aliphatic heterocycles. The summed E-state index contributed by atoms with van der Waals surface area (Å²) in [5, 5.41) is 10.9. The second-order valence-corrected chi connectivity index (χ2v) is 6.45. The van der Waals surface area contributed by atoms with Crippen LogP contribution in [0.3, 0.4) is 0 Å². The van der Waals surface area contributed by atoms with Gasteiger partial charge in [-0.05, 0) is 6.92 Å². The van der Waals surface area contributed by atoms with E-state index in [1.807, 2.05) is 0 Å². The average Bonchev–Trinajstić information content (AvgIpc) is 2.94. The predicted molar refractivity (Wildman–Crippen MR) is 82.8 cm³/mol. The van der Waals surface area contributed by atoms with Gasteiger partial charge in [-0.25, -0.2) is 14.4 Å². The van der Waals surface area contributed by atoms with Gasteiger partial charge in [-0.1, -0.05) is 18.5 Å². The van der Waals surface area contributed by atoms with Gasteiger partial charge in [-0.2, -0.15) is 0 Å². The molecule has 4 atom stereocenters. The monoisotopic (exact) mass is 357 g/mol. The van der Waals surface area contributed by atoms with Crippen molar-refractivity contribution in [3.63, 3.8) is 0 Å². The number of carbonyl (C=O) groups is 1. The topological polar surface area (TPSA) is 86.5 Å². The first-order chi connectivity index (χ1) is 11.2. The number of aromatic nitrogens is 3. The molecular weight excluding hydrogens is 341 g/mol. The van der Waals surface area contributed by atoms with Crippen LogP contribution in [-0.4, -0.2) is 43.9 Å². The minimum atomic E-state index is -1.33. The largest absolute Gasteiger partial charge is 0.463 e. The first kappa shape index (κ1) is 17.1. The van der Waals surface area contributed by atoms with E-state index in [1.54, 1.807) is 13.8 Å². The molecule has 1 N–H and O–H groups in total. The summed E-state index contributed by atoms with van der Waals surface area (Å²) in [4.78, 5) is 18.8. The van der Waals surface area contributed by atoms with E-state index in [1.165, 1.54) is 24.0 Å². The lowest BCUT2D eigenvalue weighted by molar-refractivity contribution is -0.146. The number of halogens is 2. The van der Waals surface area contributed by atoms with Crippen molar-refractivity contribution in [2.75, 3.05) is 6.61 Å². The van der Waals surface area contributed by atoms with Crippen LogP contribution in [0.15, 0.2) is 12.5 Å². The van der Waals surface area contributed by atoms with E-state index < -0.39 is 29.7 Å². The Kier molecular flexibility index (Phi) is 4.23. The molecule has 7 nitrogen and oxygen atoms in total. The van der Waals surface area contributed by atoms with Crippen molar-refractivity contribution >= 4 is 28.6 Å². The third-order valence-electron chi connectivity index (χ3n) is 4.50. The quantitative estimate of drug-likeness (QED) is 0.668. The second kappa shape index (κ2) is 5.94. The Morgan fingerprint density at radius 1 is 1.58 bits per heavy atom. The number of carbonyl (C=O) groups excluding carboxylic acids is 1. The van der Waals surface area contributed by atoms with Crippen LogP contribution >= 0.6 is 11.6 Å². The Bertz CT molecular complexity index is 794. The maximum atomic E-state index is 14.2. The molecule has 0 aliphatic carbocycles. The minimum absolute atomic E-state index is 0.000569. The number of aliphatic hydroxyl groups is 1. The van der Waals surface area contributed by atoms with Crippen molar-refractivity contribution in [1.29, 1.82) is 0 Å². The van der Waals surface area contributed by atoms with Crippen molar-refractivity contribution in [3.8, 4) is 0 Å². The summed E-state index contributed by atoms with van der Waals surface area (Å²) in [6.45, 7) is 4.66. The molecule has 9 heteroatoms. The fourth-order valence-electron chi connectivity index (χ4n) is 2.94. The zero-order valence-corrected chi connectivity index (χ0v) is 14.1. The van der Waals surface area contributed by atoms with Gasteiger partial charge in [-0.3, -0.25) is 4.79 Å². The number of esters is 1. The highest BCUT2D eigenvalue weighted by molar-refractivity contribution is 6.34. The van der Waals surface area contributed by atoms with Gasteiger partial charge in [0.05, 0.1) is 11.5 Å². The summed E-state index contributed by atoms with van der Waals surface area (Å²) in [5.41, 5.74) is -1.11. The van der Waals surface area contributed by atoms with Crippen LogP contribution < -0.4 is 0 Å². The van der Waals surface area contributed by atoms with E-state index in [9.17, 15) is 14.3 Å². The SMILES string of the molecule is CC(=O)OC[C@H]1O[C@@H](n2cc(F)c3c(Cl)ncnc32)[C@@](C)(O)[C@@H]1C. The second-order valence-electron chi connectivity index (χ2n) is 6.09. The Morgan fingerprint density at radius 3 is 2.96 bits per heavy atom. The van der Waals surface area contributed by atoms with E-state index >= 15 is 0 Å². The van der Waals surface area contributed by atoms with Crippen LogP contribution in [0.5, 0.6) is 0 Å². The molecule has 0 saturated carbocycles. The lowest BCUT2D eigenvalue weighted by Gasteiger charge is -2.28. The van der Waals surface area contributed by atoms with E-state index in [2.05, 4.69) is 9.97 Å². The van der Waals surface area contributed by atoms with E-state index in [4.69, 9.17) is 21.1 Å². The molecule has 1 saturated heterocycles. The van der Waals surface area contributed by atoms with Gasteiger partial charge in [0.15, 0.2) is 12.0 Å². The molecule has 1 fully saturated rings. The van der Waals surface area contributed by atoms with Crippen LogP contribution in [0.25, 0.3) is 11.0 Å². The molecule has 0 spiro atoms. The van der Waals surface area contributed by atoms with Crippen molar-refractivity contribution in [2.24, 2.45) is 5.92 Å². The van der Waals surface area contributed by atoms with Gasteiger partial charge >= 0.3 is 5.97 Å². The van der Waals surface area contributed by atoms with Crippen molar-refractivity contribution in [1.82, 2.24) is 14.5 Å². The fraction of sp³-hybridized carbons (Fsp3) is 0.533. The molecule has 0 bridgehead atoms. The smallest absolute Gasteiger partial charge is 0.302 e. The first-order valence-electron chi connectivity index (χ1n) is 7.41. The van der Waals surface area contributed by atoms with E-state index in [0.717, 1.165) is 0 Å².